The van der Waals surface area contributed by atoms with Crippen molar-refractivity contribution in [1.29, 1.82) is 0 Å². The number of nitrogens with zero attached hydrogens (tertiary/aromatic N) is 2. The van der Waals surface area contributed by atoms with Crippen LogP contribution in [0.5, 0.6) is 0 Å². The van der Waals surface area contributed by atoms with Crippen LogP contribution < -0.4 is 5.56 Å². The molecule has 112 valence electrons. The van der Waals surface area contributed by atoms with E-state index in [1.165, 1.54) is 0 Å². The number of aliphatic carboxylic acids is 1. The Hall–Kier alpha value is -2.96. The number of aryl methyl sites for hydroxylation is 2. The van der Waals surface area contributed by atoms with Gasteiger partial charge in [0, 0.05) is 6.42 Å². The van der Waals surface area contributed by atoms with Gasteiger partial charge < -0.3 is 14.6 Å². The van der Waals surface area contributed by atoms with Gasteiger partial charge in [-0.15, -0.1) is 0 Å². The number of benzene rings is 1. The average molecular weight is 299 g/mol. The molecule has 2 heterocycles. The maximum atomic E-state index is 12.2. The molecule has 0 saturated carbocycles. The Kier molecular flexibility index (Phi) is 3.46. The van der Waals surface area contributed by atoms with Gasteiger partial charge >= 0.3 is 5.97 Å². The highest BCUT2D eigenvalue weighted by Crippen LogP contribution is 2.19. The number of H-pyrrole nitrogens is 1. The number of carboxylic acids is 1. The minimum atomic E-state index is -0.946. The maximum absolute atomic E-state index is 12.2. The van der Waals surface area contributed by atoms with Crippen LogP contribution in [-0.4, -0.2) is 26.2 Å². The first-order valence-electron chi connectivity index (χ1n) is 6.72. The molecule has 0 bridgehead atoms. The van der Waals surface area contributed by atoms with E-state index in [4.69, 9.17) is 9.63 Å². The largest absolute Gasteiger partial charge is 0.481 e. The zero-order chi connectivity index (χ0) is 15.7. The smallest absolute Gasteiger partial charge is 0.303 e. The van der Waals surface area contributed by atoms with Crippen LogP contribution in [0.2, 0.25) is 0 Å². The predicted molar refractivity (Wildman–Crippen MR) is 78.6 cm³/mol. The molecule has 0 saturated heterocycles. The van der Waals surface area contributed by atoms with E-state index in [2.05, 4.69) is 15.1 Å². The summed E-state index contributed by atoms with van der Waals surface area (Å²) in [6.45, 7) is 1.91. The van der Waals surface area contributed by atoms with E-state index in [-0.39, 0.29) is 30.1 Å². The van der Waals surface area contributed by atoms with Crippen LogP contribution in [0.3, 0.4) is 0 Å². The zero-order valence-corrected chi connectivity index (χ0v) is 11.8. The summed E-state index contributed by atoms with van der Waals surface area (Å²) in [6, 6.07) is 7.39. The van der Waals surface area contributed by atoms with Crippen LogP contribution >= 0.6 is 0 Å². The Morgan fingerprint density at radius 3 is 3.00 bits per heavy atom. The Morgan fingerprint density at radius 1 is 1.41 bits per heavy atom. The van der Waals surface area contributed by atoms with Gasteiger partial charge in [0.2, 0.25) is 11.7 Å². The van der Waals surface area contributed by atoms with E-state index in [1.54, 1.807) is 6.07 Å². The third kappa shape index (κ3) is 2.60. The molecule has 0 aliphatic heterocycles. The molecule has 2 N–H and O–H groups in total. The summed E-state index contributed by atoms with van der Waals surface area (Å²) in [6.07, 6.45) is 0.0296. The molecule has 22 heavy (non-hydrogen) atoms. The van der Waals surface area contributed by atoms with Crippen molar-refractivity contribution < 1.29 is 14.4 Å². The summed E-state index contributed by atoms with van der Waals surface area (Å²) in [5, 5.41) is 13.3. The number of hydrogen-bond acceptors (Lipinski definition) is 5. The van der Waals surface area contributed by atoms with Crippen molar-refractivity contribution in [3.05, 3.63) is 46.1 Å². The van der Waals surface area contributed by atoms with Gasteiger partial charge in [0.05, 0.1) is 17.5 Å². The van der Waals surface area contributed by atoms with Crippen LogP contribution in [0.4, 0.5) is 0 Å². The number of aromatic nitrogens is 3. The van der Waals surface area contributed by atoms with Crippen molar-refractivity contribution in [1.82, 2.24) is 15.1 Å². The Morgan fingerprint density at radius 2 is 2.23 bits per heavy atom. The van der Waals surface area contributed by atoms with Gasteiger partial charge in [-0.3, -0.25) is 9.59 Å². The van der Waals surface area contributed by atoms with Crippen molar-refractivity contribution in [2.24, 2.45) is 0 Å². The lowest BCUT2D eigenvalue weighted by atomic mass is 10.1. The van der Waals surface area contributed by atoms with Gasteiger partial charge in [0.15, 0.2) is 0 Å². The first kappa shape index (κ1) is 14.0. The van der Waals surface area contributed by atoms with Crippen molar-refractivity contribution in [3.63, 3.8) is 0 Å². The van der Waals surface area contributed by atoms with Gasteiger partial charge in [0.25, 0.3) is 5.56 Å². The number of para-hydroxylation sites is 1. The highest BCUT2D eigenvalue weighted by atomic mass is 16.5. The highest BCUT2D eigenvalue weighted by Gasteiger charge is 2.14. The molecule has 3 aromatic rings. The molecule has 0 atom stereocenters. The van der Waals surface area contributed by atoms with Crippen LogP contribution in [0.1, 0.15) is 17.9 Å². The fourth-order valence-electron chi connectivity index (χ4n) is 2.23. The SMILES string of the molecule is Cc1cccc2cc(-c3noc(CCC(=O)O)n3)c(=O)[nH]c12. The van der Waals surface area contributed by atoms with Crippen LogP contribution in [0.25, 0.3) is 22.3 Å². The van der Waals surface area contributed by atoms with Crippen LogP contribution in [0.15, 0.2) is 33.6 Å². The molecule has 7 nitrogen and oxygen atoms in total. The van der Waals surface area contributed by atoms with E-state index in [9.17, 15) is 9.59 Å². The third-order valence-electron chi connectivity index (χ3n) is 3.35. The lowest BCUT2D eigenvalue weighted by Gasteiger charge is -2.02. The van der Waals surface area contributed by atoms with Crippen molar-refractivity contribution in [3.8, 4) is 11.4 Å². The Bertz CT molecular complexity index is 911. The van der Waals surface area contributed by atoms with Crippen molar-refractivity contribution >= 4 is 16.9 Å². The molecule has 7 heteroatoms. The fraction of sp³-hybridized carbons (Fsp3) is 0.200. The van der Waals surface area contributed by atoms with Gasteiger partial charge in [-0.25, -0.2) is 0 Å². The Labute approximate surface area is 124 Å². The zero-order valence-electron chi connectivity index (χ0n) is 11.8. The molecule has 0 aliphatic rings. The molecule has 3 rings (SSSR count). The van der Waals surface area contributed by atoms with Gasteiger partial charge in [-0.05, 0) is 23.9 Å². The number of hydrogen-bond donors (Lipinski definition) is 2. The molecule has 1 aromatic carbocycles. The second-order valence-electron chi connectivity index (χ2n) is 4.96. The van der Waals surface area contributed by atoms with E-state index in [1.807, 2.05) is 25.1 Å². The molecular weight excluding hydrogens is 286 g/mol. The Balaban J connectivity index is 2.01. The summed E-state index contributed by atoms with van der Waals surface area (Å²) in [5.74, 6) is -0.593. The number of rotatable bonds is 4. The normalized spacial score (nSPS) is 11.0. The second kappa shape index (κ2) is 5.44. The van der Waals surface area contributed by atoms with Crippen LogP contribution in [-0.2, 0) is 11.2 Å². The topological polar surface area (TPSA) is 109 Å². The third-order valence-corrected chi connectivity index (χ3v) is 3.35. The lowest BCUT2D eigenvalue weighted by molar-refractivity contribution is -0.137. The highest BCUT2D eigenvalue weighted by molar-refractivity contribution is 5.84. The molecular formula is C15H13N3O4. The summed E-state index contributed by atoms with van der Waals surface area (Å²) >= 11 is 0. The van der Waals surface area contributed by atoms with Crippen molar-refractivity contribution in [2.45, 2.75) is 19.8 Å². The predicted octanol–water partition coefficient (Wildman–Crippen LogP) is 1.90. The molecule has 0 aliphatic carbocycles. The van der Waals surface area contributed by atoms with E-state index >= 15 is 0 Å². The summed E-state index contributed by atoms with van der Waals surface area (Å²) in [5.41, 5.74) is 1.72. The number of nitrogens with one attached hydrogen (secondary N) is 1. The number of aromatic amines is 1. The maximum Gasteiger partial charge on any atom is 0.303 e. The average Bonchev–Trinajstić information content (AvgIpc) is 2.94. The second-order valence-corrected chi connectivity index (χ2v) is 4.96. The van der Waals surface area contributed by atoms with Gasteiger partial charge in [0.1, 0.15) is 0 Å². The quantitative estimate of drug-likeness (QED) is 0.761. The first-order valence-corrected chi connectivity index (χ1v) is 6.72. The van der Waals surface area contributed by atoms with E-state index in [0.717, 1.165) is 16.5 Å². The van der Waals surface area contributed by atoms with Gasteiger partial charge in [-0.1, -0.05) is 23.4 Å². The molecule has 0 unspecified atom stereocenters. The number of carboxylic acid groups (broad SMARTS) is 1. The summed E-state index contributed by atoms with van der Waals surface area (Å²) in [7, 11) is 0. The molecule has 0 radical (unpaired) electrons. The monoisotopic (exact) mass is 299 g/mol. The standard InChI is InChI=1S/C15H13N3O4/c1-8-3-2-4-9-7-10(15(21)17-13(8)9)14-16-11(22-18-14)5-6-12(19)20/h2-4,7H,5-6H2,1H3,(H,17,21)(H,19,20). The molecule has 0 amide bonds. The van der Waals surface area contributed by atoms with E-state index in [0.29, 0.717) is 5.56 Å². The minimum absolute atomic E-state index is 0.102. The first-order chi connectivity index (χ1) is 10.5. The van der Waals surface area contributed by atoms with Crippen LogP contribution in [0, 0.1) is 6.92 Å². The van der Waals surface area contributed by atoms with Crippen molar-refractivity contribution in [2.75, 3.05) is 0 Å². The molecule has 0 fully saturated rings. The molecule has 2 aromatic heterocycles. The summed E-state index contributed by atoms with van der Waals surface area (Å²) in [4.78, 5) is 29.6. The molecule has 0 spiro atoms. The number of fused-ring (bicyclic) bond motifs is 1. The summed E-state index contributed by atoms with van der Waals surface area (Å²) < 4.78 is 4.98. The number of pyridine rings is 1. The van der Waals surface area contributed by atoms with Gasteiger partial charge in [-0.2, -0.15) is 4.98 Å². The lowest BCUT2D eigenvalue weighted by Crippen LogP contribution is -2.10. The van der Waals surface area contributed by atoms with E-state index < -0.39 is 5.97 Å². The number of carbonyl (C=O) groups is 1. The fourth-order valence-corrected chi connectivity index (χ4v) is 2.23. The minimum Gasteiger partial charge on any atom is -0.481 e.